The molecule has 1 amide bonds. The van der Waals surface area contributed by atoms with E-state index >= 15 is 0 Å². The van der Waals surface area contributed by atoms with Crippen molar-refractivity contribution >= 4 is 34.5 Å². The second-order valence-corrected chi connectivity index (χ2v) is 7.33. The van der Waals surface area contributed by atoms with E-state index in [1.807, 2.05) is 6.92 Å². The summed E-state index contributed by atoms with van der Waals surface area (Å²) < 4.78 is 38.6. The summed E-state index contributed by atoms with van der Waals surface area (Å²) in [4.78, 5) is 33.5. The normalized spacial score (nSPS) is 11.9. The Balaban J connectivity index is 1.82. The minimum atomic E-state index is -4.46. The SMILES string of the molecule is CCCN(Cc1nc2cc(Cl)ccc2c(=O)[nH]1)C(=O)/C=C/c1cccc(C(F)(F)F)c1. The van der Waals surface area contributed by atoms with Gasteiger partial charge in [0.15, 0.2) is 0 Å². The van der Waals surface area contributed by atoms with E-state index in [1.165, 1.54) is 29.2 Å². The highest BCUT2D eigenvalue weighted by molar-refractivity contribution is 6.31. The highest BCUT2D eigenvalue weighted by Crippen LogP contribution is 2.29. The molecule has 0 saturated carbocycles. The Hall–Kier alpha value is -3.13. The second-order valence-electron chi connectivity index (χ2n) is 6.89. The summed E-state index contributed by atoms with van der Waals surface area (Å²) in [5, 5.41) is 0.813. The molecule has 0 spiro atoms. The summed E-state index contributed by atoms with van der Waals surface area (Å²) in [6, 6.07) is 9.43. The maximum atomic E-state index is 12.9. The van der Waals surface area contributed by atoms with Crippen LogP contribution in [-0.2, 0) is 17.5 Å². The first-order chi connectivity index (χ1) is 14.7. The third kappa shape index (κ3) is 5.73. The number of amides is 1. The topological polar surface area (TPSA) is 66.1 Å². The Bertz CT molecular complexity index is 1190. The van der Waals surface area contributed by atoms with Crippen LogP contribution in [0, 0.1) is 0 Å². The van der Waals surface area contributed by atoms with Crippen LogP contribution in [0.15, 0.2) is 53.3 Å². The fourth-order valence-electron chi connectivity index (χ4n) is 3.05. The highest BCUT2D eigenvalue weighted by atomic mass is 35.5. The lowest BCUT2D eigenvalue weighted by Gasteiger charge is -2.20. The number of carbonyl (C=O) groups excluding carboxylic acids is 1. The van der Waals surface area contributed by atoms with Crippen molar-refractivity contribution in [1.29, 1.82) is 0 Å². The molecule has 1 N–H and O–H groups in total. The van der Waals surface area contributed by atoms with Gasteiger partial charge < -0.3 is 9.88 Å². The van der Waals surface area contributed by atoms with E-state index in [0.717, 1.165) is 12.1 Å². The molecule has 9 heteroatoms. The van der Waals surface area contributed by atoms with Crippen LogP contribution in [0.2, 0.25) is 5.02 Å². The molecule has 2 aromatic carbocycles. The first kappa shape index (κ1) is 22.6. The average Bonchev–Trinajstić information content (AvgIpc) is 2.71. The summed E-state index contributed by atoms with van der Waals surface area (Å²) in [6.45, 7) is 2.30. The van der Waals surface area contributed by atoms with Crippen molar-refractivity contribution in [3.05, 3.63) is 80.9 Å². The van der Waals surface area contributed by atoms with Crippen LogP contribution in [0.5, 0.6) is 0 Å². The van der Waals surface area contributed by atoms with E-state index in [4.69, 9.17) is 11.6 Å². The van der Waals surface area contributed by atoms with Crippen molar-refractivity contribution in [2.24, 2.45) is 0 Å². The second kappa shape index (κ2) is 9.34. The van der Waals surface area contributed by atoms with Gasteiger partial charge in [0, 0.05) is 17.6 Å². The Labute approximate surface area is 181 Å². The largest absolute Gasteiger partial charge is 0.416 e. The summed E-state index contributed by atoms with van der Waals surface area (Å²) >= 11 is 5.97. The number of nitrogens with one attached hydrogen (secondary N) is 1. The van der Waals surface area contributed by atoms with E-state index < -0.39 is 17.6 Å². The molecule has 0 aliphatic heterocycles. The molecule has 0 radical (unpaired) electrons. The van der Waals surface area contributed by atoms with Gasteiger partial charge >= 0.3 is 6.18 Å². The van der Waals surface area contributed by atoms with Crippen LogP contribution in [0.1, 0.15) is 30.3 Å². The fourth-order valence-corrected chi connectivity index (χ4v) is 3.21. The molecule has 162 valence electrons. The molecule has 0 saturated heterocycles. The maximum Gasteiger partial charge on any atom is 0.416 e. The van der Waals surface area contributed by atoms with Crippen LogP contribution in [0.25, 0.3) is 17.0 Å². The molecule has 1 heterocycles. The number of nitrogens with zero attached hydrogens (tertiary/aromatic N) is 2. The van der Waals surface area contributed by atoms with E-state index in [2.05, 4.69) is 9.97 Å². The van der Waals surface area contributed by atoms with E-state index in [9.17, 15) is 22.8 Å². The summed E-state index contributed by atoms with van der Waals surface area (Å²) in [6.07, 6.45) is -1.27. The monoisotopic (exact) mass is 449 g/mol. The average molecular weight is 450 g/mol. The number of H-pyrrole nitrogens is 1. The van der Waals surface area contributed by atoms with E-state index in [-0.39, 0.29) is 23.5 Å². The number of aromatic amines is 1. The molecule has 0 aliphatic rings. The van der Waals surface area contributed by atoms with Crippen molar-refractivity contribution in [1.82, 2.24) is 14.9 Å². The van der Waals surface area contributed by atoms with Gasteiger partial charge in [-0.1, -0.05) is 30.7 Å². The van der Waals surface area contributed by atoms with Crippen LogP contribution in [0.3, 0.4) is 0 Å². The first-order valence-corrected chi connectivity index (χ1v) is 9.88. The number of halogens is 4. The quantitative estimate of drug-likeness (QED) is 0.536. The fraction of sp³-hybridized carbons (Fsp3) is 0.227. The van der Waals surface area contributed by atoms with Gasteiger partial charge in [-0.2, -0.15) is 13.2 Å². The highest BCUT2D eigenvalue weighted by Gasteiger charge is 2.30. The zero-order chi connectivity index (χ0) is 22.6. The lowest BCUT2D eigenvalue weighted by molar-refractivity contribution is -0.137. The molecule has 1 aromatic heterocycles. The smallest absolute Gasteiger partial charge is 0.332 e. The molecule has 0 fully saturated rings. The van der Waals surface area contributed by atoms with Crippen molar-refractivity contribution in [3.63, 3.8) is 0 Å². The number of hydrogen-bond acceptors (Lipinski definition) is 3. The van der Waals surface area contributed by atoms with Gasteiger partial charge in [0.05, 0.1) is 23.0 Å². The first-order valence-electron chi connectivity index (χ1n) is 9.50. The maximum absolute atomic E-state index is 12.9. The summed E-state index contributed by atoms with van der Waals surface area (Å²) in [7, 11) is 0. The van der Waals surface area contributed by atoms with Crippen LogP contribution >= 0.6 is 11.6 Å². The van der Waals surface area contributed by atoms with Gasteiger partial charge in [0.25, 0.3) is 5.56 Å². The predicted molar refractivity (Wildman–Crippen MR) is 114 cm³/mol. The number of benzene rings is 2. The molecule has 3 aromatic rings. The molecule has 31 heavy (non-hydrogen) atoms. The van der Waals surface area contributed by atoms with Crippen LogP contribution in [-0.4, -0.2) is 27.3 Å². The summed E-state index contributed by atoms with van der Waals surface area (Å²) in [5.74, 6) is -0.123. The van der Waals surface area contributed by atoms with Gasteiger partial charge in [-0.05, 0) is 48.4 Å². The lowest BCUT2D eigenvalue weighted by Crippen LogP contribution is -2.31. The van der Waals surface area contributed by atoms with Crippen molar-refractivity contribution in [3.8, 4) is 0 Å². The Morgan fingerprint density at radius 1 is 1.23 bits per heavy atom. The number of hydrogen-bond donors (Lipinski definition) is 1. The third-order valence-electron chi connectivity index (χ3n) is 4.50. The zero-order valence-electron chi connectivity index (χ0n) is 16.5. The van der Waals surface area contributed by atoms with Crippen LogP contribution < -0.4 is 5.56 Å². The van der Waals surface area contributed by atoms with E-state index in [1.54, 1.807) is 18.2 Å². The molecule has 3 rings (SSSR count). The number of fused-ring (bicyclic) bond motifs is 1. The molecule has 5 nitrogen and oxygen atoms in total. The van der Waals surface area contributed by atoms with Gasteiger partial charge in [0.2, 0.25) is 5.91 Å². The molecule has 0 unspecified atom stereocenters. The summed E-state index contributed by atoms with van der Waals surface area (Å²) in [5.41, 5.74) is -0.467. The standard InChI is InChI=1S/C22H19ClF3N3O2/c1-2-10-29(13-19-27-18-12-16(23)7-8-17(18)21(31)28-19)20(30)9-6-14-4-3-5-15(11-14)22(24,25)26/h3-9,11-12H,2,10,13H2,1H3,(H,27,28,31)/b9-6+. The van der Waals surface area contributed by atoms with Gasteiger partial charge in [-0.25, -0.2) is 4.98 Å². The van der Waals surface area contributed by atoms with E-state index in [0.29, 0.717) is 28.9 Å². The zero-order valence-corrected chi connectivity index (χ0v) is 17.3. The van der Waals surface area contributed by atoms with Crippen molar-refractivity contribution in [2.75, 3.05) is 6.54 Å². The Morgan fingerprint density at radius 2 is 2.00 bits per heavy atom. The Morgan fingerprint density at radius 3 is 2.71 bits per heavy atom. The molecular weight excluding hydrogens is 431 g/mol. The lowest BCUT2D eigenvalue weighted by atomic mass is 10.1. The minimum absolute atomic E-state index is 0.0390. The third-order valence-corrected chi connectivity index (χ3v) is 4.73. The number of carbonyl (C=O) groups is 1. The molecule has 0 aliphatic carbocycles. The Kier molecular flexibility index (Phi) is 6.80. The van der Waals surface area contributed by atoms with Crippen LogP contribution in [0.4, 0.5) is 13.2 Å². The predicted octanol–water partition coefficient (Wildman–Crippen LogP) is 5.05. The van der Waals surface area contributed by atoms with Gasteiger partial charge in [-0.3, -0.25) is 9.59 Å². The van der Waals surface area contributed by atoms with Crippen molar-refractivity contribution in [2.45, 2.75) is 26.1 Å². The van der Waals surface area contributed by atoms with Gasteiger partial charge in [-0.15, -0.1) is 0 Å². The van der Waals surface area contributed by atoms with Crippen molar-refractivity contribution < 1.29 is 18.0 Å². The minimum Gasteiger partial charge on any atom is -0.332 e. The number of aromatic nitrogens is 2. The number of rotatable bonds is 6. The molecule has 0 bridgehead atoms. The molecular formula is C22H19ClF3N3O2. The van der Waals surface area contributed by atoms with Gasteiger partial charge in [0.1, 0.15) is 5.82 Å². The molecule has 0 atom stereocenters. The number of alkyl halides is 3.